The molecule has 1 heterocycles. The fraction of sp³-hybridized carbons (Fsp3) is 0.0732. The van der Waals surface area contributed by atoms with Crippen LogP contribution in [0.15, 0.2) is 157 Å². The van der Waals surface area contributed by atoms with E-state index >= 15 is 0 Å². The van der Waals surface area contributed by atoms with E-state index in [1.54, 1.807) is 23.1 Å². The van der Waals surface area contributed by atoms with Gasteiger partial charge in [0.1, 0.15) is 34.7 Å². The molecule has 0 fully saturated rings. The van der Waals surface area contributed by atoms with Gasteiger partial charge in [-0.15, -0.1) is 22.0 Å². The van der Waals surface area contributed by atoms with Crippen molar-refractivity contribution in [3.63, 3.8) is 0 Å². The van der Waals surface area contributed by atoms with Gasteiger partial charge in [-0.3, -0.25) is 0 Å². The lowest BCUT2D eigenvalue weighted by Crippen LogP contribution is -1.98. The molecule has 0 N–H and O–H groups in total. The van der Waals surface area contributed by atoms with Gasteiger partial charge >= 0.3 is 0 Å². The summed E-state index contributed by atoms with van der Waals surface area (Å²) in [5, 5.41) is 10.9. The van der Waals surface area contributed by atoms with Crippen LogP contribution in [0.3, 0.4) is 0 Å². The maximum absolute atomic E-state index is 6.24. The Kier molecular flexibility index (Phi) is 9.69. The first kappa shape index (κ1) is 30.5. The van der Waals surface area contributed by atoms with E-state index in [-0.39, 0.29) is 0 Å². The van der Waals surface area contributed by atoms with Gasteiger partial charge in [0.25, 0.3) is 0 Å². The molecule has 0 aliphatic carbocycles. The molecule has 0 spiro atoms. The van der Waals surface area contributed by atoms with Crippen molar-refractivity contribution in [1.29, 1.82) is 0 Å². The summed E-state index contributed by atoms with van der Waals surface area (Å²) < 4.78 is 12.5. The van der Waals surface area contributed by atoms with Crippen molar-refractivity contribution in [3.05, 3.63) is 174 Å². The topological polar surface area (TPSA) is 44.2 Å². The van der Waals surface area contributed by atoms with Crippen molar-refractivity contribution >= 4 is 23.1 Å². The lowest BCUT2D eigenvalue weighted by atomic mass is 10.0. The first-order valence-electron chi connectivity index (χ1n) is 15.4. The molecule has 6 heteroatoms. The molecular formula is C41H31N2O2S2. The van der Waals surface area contributed by atoms with Crippen LogP contribution in [0.2, 0.25) is 0 Å². The van der Waals surface area contributed by atoms with Crippen LogP contribution in [0.1, 0.15) is 16.7 Å². The highest BCUT2D eigenvalue weighted by atomic mass is 32.2. The number of nitrogens with zero attached hydrogens (tertiary/aromatic N) is 2. The summed E-state index contributed by atoms with van der Waals surface area (Å²) in [6, 6.07) is 54.9. The molecule has 0 unspecified atom stereocenters. The smallest absolute Gasteiger partial charge is 0.149 e. The van der Waals surface area contributed by atoms with E-state index in [1.807, 2.05) is 66.7 Å². The zero-order chi connectivity index (χ0) is 31.7. The van der Waals surface area contributed by atoms with E-state index in [2.05, 4.69) is 101 Å². The number of ether oxygens (including phenoxy) is 2. The van der Waals surface area contributed by atoms with E-state index in [1.165, 1.54) is 16.7 Å². The second kappa shape index (κ2) is 14.9. The third kappa shape index (κ3) is 7.80. The minimum atomic E-state index is 0.455. The normalized spacial score (nSPS) is 10.9. The van der Waals surface area contributed by atoms with E-state index in [9.17, 15) is 0 Å². The predicted molar refractivity (Wildman–Crippen MR) is 193 cm³/mol. The summed E-state index contributed by atoms with van der Waals surface area (Å²) in [4.78, 5) is 1.12. The predicted octanol–water partition coefficient (Wildman–Crippen LogP) is 10.8. The Labute approximate surface area is 283 Å². The van der Waals surface area contributed by atoms with Gasteiger partial charge in [0.05, 0.1) is 0 Å². The molecule has 7 aromatic rings. The molecule has 0 amide bonds. The third-order valence-corrected chi connectivity index (χ3v) is 9.66. The molecule has 229 valence electrons. The SMILES string of the molecule is [c]1cccc(SCc2ccccc2-c2ccccc2)c1-c1nnc(-c2cc(OCc3ccccc3)cc(OCc3ccccc3)c2)s1. The molecule has 1 radical (unpaired) electrons. The fourth-order valence-corrected chi connectivity index (χ4v) is 7.15. The molecule has 0 aliphatic heterocycles. The average Bonchev–Trinajstić information content (AvgIpc) is 3.64. The van der Waals surface area contributed by atoms with Crippen molar-refractivity contribution in [2.45, 2.75) is 23.9 Å². The van der Waals surface area contributed by atoms with E-state index < -0.39 is 0 Å². The highest BCUT2D eigenvalue weighted by molar-refractivity contribution is 7.98. The number of rotatable bonds is 12. The zero-order valence-corrected chi connectivity index (χ0v) is 27.2. The van der Waals surface area contributed by atoms with Gasteiger partial charge in [0.15, 0.2) is 0 Å². The van der Waals surface area contributed by atoms with Crippen LogP contribution < -0.4 is 9.47 Å². The van der Waals surface area contributed by atoms with Crippen LogP contribution >= 0.6 is 23.1 Å². The Morgan fingerprint density at radius 3 is 1.85 bits per heavy atom. The summed E-state index contributed by atoms with van der Waals surface area (Å²) in [6.45, 7) is 0.910. The highest BCUT2D eigenvalue weighted by Gasteiger charge is 2.16. The number of hydrogen-bond donors (Lipinski definition) is 0. The first-order chi connectivity index (χ1) is 23.3. The molecule has 0 bridgehead atoms. The van der Waals surface area contributed by atoms with Gasteiger partial charge in [-0.05, 0) is 52.1 Å². The van der Waals surface area contributed by atoms with Crippen molar-refractivity contribution in [2.24, 2.45) is 0 Å². The summed E-state index contributed by atoms with van der Waals surface area (Å²) in [6.07, 6.45) is 0. The van der Waals surface area contributed by atoms with Crippen molar-refractivity contribution in [2.75, 3.05) is 0 Å². The van der Waals surface area contributed by atoms with Gasteiger partial charge in [-0.1, -0.05) is 139 Å². The Morgan fingerprint density at radius 1 is 0.574 bits per heavy atom. The van der Waals surface area contributed by atoms with Crippen molar-refractivity contribution < 1.29 is 9.47 Å². The molecule has 1 aromatic heterocycles. The quantitative estimate of drug-likeness (QED) is 0.124. The molecule has 7 rings (SSSR count). The average molecular weight is 648 g/mol. The Morgan fingerprint density at radius 2 is 1.17 bits per heavy atom. The van der Waals surface area contributed by atoms with Crippen molar-refractivity contribution in [1.82, 2.24) is 10.2 Å². The Hall–Kier alpha value is -5.17. The second-order valence-corrected chi connectivity index (χ2v) is 12.9. The van der Waals surface area contributed by atoms with E-state index in [0.29, 0.717) is 24.7 Å². The van der Waals surface area contributed by atoms with Crippen LogP contribution in [0.5, 0.6) is 11.5 Å². The highest BCUT2D eigenvalue weighted by Crippen LogP contribution is 2.39. The van der Waals surface area contributed by atoms with Gasteiger partial charge in [0, 0.05) is 27.8 Å². The molecule has 4 nitrogen and oxygen atoms in total. The molecule has 6 aromatic carbocycles. The summed E-state index contributed by atoms with van der Waals surface area (Å²) in [5.41, 5.74) is 7.80. The van der Waals surface area contributed by atoms with Gasteiger partial charge in [-0.2, -0.15) is 0 Å². The molecule has 0 aliphatic rings. The van der Waals surface area contributed by atoms with Gasteiger partial charge < -0.3 is 9.47 Å². The lowest BCUT2D eigenvalue weighted by molar-refractivity contribution is 0.290. The van der Waals surface area contributed by atoms with Crippen LogP contribution in [-0.4, -0.2) is 10.2 Å². The van der Waals surface area contributed by atoms with E-state index in [0.717, 1.165) is 42.9 Å². The minimum absolute atomic E-state index is 0.455. The van der Waals surface area contributed by atoms with Crippen LogP contribution in [0.4, 0.5) is 0 Å². The summed E-state index contributed by atoms with van der Waals surface area (Å²) in [7, 11) is 0. The number of aromatic nitrogens is 2. The maximum Gasteiger partial charge on any atom is 0.149 e. The molecular weight excluding hydrogens is 617 g/mol. The molecule has 47 heavy (non-hydrogen) atoms. The largest absolute Gasteiger partial charge is 0.489 e. The zero-order valence-electron chi connectivity index (χ0n) is 25.6. The molecule has 0 saturated heterocycles. The number of thioether (sulfide) groups is 1. The first-order valence-corrected chi connectivity index (χ1v) is 17.2. The molecule has 0 saturated carbocycles. The maximum atomic E-state index is 6.24. The standard InChI is InChI=1S/C41H31N2O2S2/c1-4-14-30(15-5-1)27-44-35-24-34(25-36(26-35)45-28-31-16-6-2-7-17-31)40-42-43-41(47-40)38-22-12-13-23-39(38)46-29-33-20-10-11-21-37(33)32-18-8-3-9-19-32/h1-21,23-26H,27-29H2. The lowest BCUT2D eigenvalue weighted by Gasteiger charge is -2.12. The Balaban J connectivity index is 1.14. The third-order valence-electron chi connectivity index (χ3n) is 7.57. The summed E-state index contributed by atoms with van der Waals surface area (Å²) in [5.74, 6) is 2.25. The van der Waals surface area contributed by atoms with Crippen LogP contribution in [-0.2, 0) is 19.0 Å². The number of hydrogen-bond acceptors (Lipinski definition) is 6. The Bertz CT molecular complexity index is 1990. The summed E-state index contributed by atoms with van der Waals surface area (Å²) >= 11 is 3.33. The molecule has 0 atom stereocenters. The van der Waals surface area contributed by atoms with Gasteiger partial charge in [0.2, 0.25) is 0 Å². The van der Waals surface area contributed by atoms with Crippen LogP contribution in [0.25, 0.3) is 32.3 Å². The minimum Gasteiger partial charge on any atom is -0.489 e. The van der Waals surface area contributed by atoms with E-state index in [4.69, 9.17) is 9.47 Å². The monoisotopic (exact) mass is 647 g/mol. The fourth-order valence-electron chi connectivity index (χ4n) is 5.19. The number of benzene rings is 6. The van der Waals surface area contributed by atoms with Crippen molar-refractivity contribution in [3.8, 4) is 43.8 Å². The van der Waals surface area contributed by atoms with Gasteiger partial charge in [-0.25, -0.2) is 0 Å². The van der Waals surface area contributed by atoms with Crippen LogP contribution in [0, 0.1) is 6.07 Å². The second-order valence-electron chi connectivity index (χ2n) is 10.9.